The Morgan fingerprint density at radius 1 is 1.23 bits per heavy atom. The Morgan fingerprint density at radius 3 is 2.92 bits per heavy atom. The van der Waals surface area contributed by atoms with Crippen LogP contribution in [0.2, 0.25) is 5.15 Å². The van der Waals surface area contributed by atoms with E-state index in [4.69, 9.17) is 22.4 Å². The van der Waals surface area contributed by atoms with E-state index in [1.54, 1.807) is 0 Å². The first-order valence-corrected chi connectivity index (χ1v) is 9.50. The second-order valence-corrected chi connectivity index (χ2v) is 7.63. The molecule has 4 rings (SSSR count). The highest BCUT2D eigenvalue weighted by atomic mass is 35.5. The van der Waals surface area contributed by atoms with Crippen LogP contribution in [0.25, 0.3) is 5.65 Å². The van der Waals surface area contributed by atoms with E-state index >= 15 is 0 Å². The second-order valence-electron chi connectivity index (χ2n) is 7.27. The lowest BCUT2D eigenvalue weighted by molar-refractivity contribution is 0.137. The fourth-order valence-electron chi connectivity index (χ4n) is 3.78. The third-order valence-corrected chi connectivity index (χ3v) is 5.60. The molecule has 1 saturated heterocycles. The number of rotatable bonds is 3. The summed E-state index contributed by atoms with van der Waals surface area (Å²) >= 11 is 6.17. The molecule has 0 spiro atoms. The number of piperidine rings is 1. The molecule has 0 saturated carbocycles. The van der Waals surface area contributed by atoms with E-state index < -0.39 is 0 Å². The van der Waals surface area contributed by atoms with E-state index in [-0.39, 0.29) is 6.04 Å². The van der Waals surface area contributed by atoms with E-state index in [1.807, 2.05) is 23.7 Å². The zero-order valence-electron chi connectivity index (χ0n) is 15.2. The minimum Gasteiger partial charge on any atom is -0.398 e. The van der Waals surface area contributed by atoms with Gasteiger partial charge < -0.3 is 5.73 Å². The SMILES string of the molecule is Cc1ccc(N)c(CN2CCCCC2c2cc3nc(Cl)c(C)cn3n2)c1. The smallest absolute Gasteiger partial charge is 0.157 e. The summed E-state index contributed by atoms with van der Waals surface area (Å²) in [4.78, 5) is 6.94. The predicted octanol–water partition coefficient (Wildman–Crippen LogP) is 4.31. The van der Waals surface area contributed by atoms with Crippen molar-refractivity contribution in [3.63, 3.8) is 0 Å². The summed E-state index contributed by atoms with van der Waals surface area (Å²) < 4.78 is 1.84. The topological polar surface area (TPSA) is 59.5 Å². The standard InChI is InChI=1S/C20H24ClN5/c1-13-6-7-16(22)15(9-13)12-25-8-4-3-5-18(25)17-10-19-23-20(21)14(2)11-26(19)24-17/h6-7,9-11,18H,3-5,8,12,22H2,1-2H3. The molecule has 5 nitrogen and oxygen atoms in total. The first-order chi connectivity index (χ1) is 12.5. The summed E-state index contributed by atoms with van der Waals surface area (Å²) in [5.41, 5.74) is 12.3. The lowest BCUT2D eigenvalue weighted by atomic mass is 9.98. The van der Waals surface area contributed by atoms with Crippen LogP contribution in [0, 0.1) is 13.8 Å². The minimum atomic E-state index is 0.282. The van der Waals surface area contributed by atoms with E-state index in [0.717, 1.165) is 42.1 Å². The fourth-order valence-corrected chi connectivity index (χ4v) is 3.91. The number of anilines is 1. The number of hydrogen-bond donors (Lipinski definition) is 1. The highest BCUT2D eigenvalue weighted by Crippen LogP contribution is 2.33. The Labute approximate surface area is 158 Å². The van der Waals surface area contributed by atoms with Crippen LogP contribution < -0.4 is 5.73 Å². The van der Waals surface area contributed by atoms with Crippen LogP contribution in [0.5, 0.6) is 0 Å². The van der Waals surface area contributed by atoms with Gasteiger partial charge in [0.2, 0.25) is 0 Å². The molecule has 0 amide bonds. The molecule has 2 N–H and O–H groups in total. The van der Waals surface area contributed by atoms with Crippen molar-refractivity contribution in [2.75, 3.05) is 12.3 Å². The van der Waals surface area contributed by atoms with E-state index in [1.165, 1.54) is 24.0 Å². The van der Waals surface area contributed by atoms with Crippen LogP contribution in [0.3, 0.4) is 0 Å². The normalized spacial score (nSPS) is 18.5. The number of benzene rings is 1. The molecule has 1 unspecified atom stereocenters. The van der Waals surface area contributed by atoms with Crippen molar-refractivity contribution in [1.29, 1.82) is 0 Å². The summed E-state index contributed by atoms with van der Waals surface area (Å²) in [6.07, 6.45) is 5.46. The van der Waals surface area contributed by atoms with Gasteiger partial charge in [-0.1, -0.05) is 35.7 Å². The predicted molar refractivity (Wildman–Crippen MR) is 105 cm³/mol. The van der Waals surface area contributed by atoms with Crippen LogP contribution in [0.15, 0.2) is 30.5 Å². The molecule has 1 aliphatic rings. The molecule has 3 aromatic rings. The quantitative estimate of drug-likeness (QED) is 0.552. The Morgan fingerprint density at radius 2 is 2.08 bits per heavy atom. The summed E-state index contributed by atoms with van der Waals surface area (Å²) in [6.45, 7) is 5.96. The van der Waals surface area contributed by atoms with Gasteiger partial charge in [0.1, 0.15) is 5.15 Å². The molecule has 26 heavy (non-hydrogen) atoms. The minimum absolute atomic E-state index is 0.282. The third-order valence-electron chi connectivity index (χ3n) is 5.22. The largest absolute Gasteiger partial charge is 0.398 e. The molecule has 1 atom stereocenters. The van der Waals surface area contributed by atoms with Crippen molar-refractivity contribution in [3.05, 3.63) is 58.0 Å². The first kappa shape index (κ1) is 17.3. The Balaban J connectivity index is 1.66. The summed E-state index contributed by atoms with van der Waals surface area (Å²) in [7, 11) is 0. The maximum absolute atomic E-state index is 6.21. The summed E-state index contributed by atoms with van der Waals surface area (Å²) in [6, 6.07) is 8.60. The molecular formula is C20H24ClN5. The van der Waals surface area contributed by atoms with Gasteiger partial charge in [-0.25, -0.2) is 9.50 Å². The van der Waals surface area contributed by atoms with Crippen LogP contribution in [0.4, 0.5) is 5.69 Å². The lowest BCUT2D eigenvalue weighted by Gasteiger charge is -2.35. The maximum atomic E-state index is 6.21. The number of nitrogens with zero attached hydrogens (tertiary/aromatic N) is 4. The number of aromatic nitrogens is 3. The zero-order valence-corrected chi connectivity index (χ0v) is 16.0. The van der Waals surface area contributed by atoms with Gasteiger partial charge in [-0.3, -0.25) is 4.90 Å². The van der Waals surface area contributed by atoms with Crippen molar-refractivity contribution < 1.29 is 0 Å². The van der Waals surface area contributed by atoms with E-state index in [9.17, 15) is 0 Å². The summed E-state index contributed by atoms with van der Waals surface area (Å²) in [5.74, 6) is 0. The Bertz CT molecular complexity index is 910. The molecule has 0 bridgehead atoms. The van der Waals surface area contributed by atoms with Gasteiger partial charge in [-0.15, -0.1) is 0 Å². The van der Waals surface area contributed by atoms with Gasteiger partial charge in [0, 0.05) is 30.1 Å². The molecular weight excluding hydrogens is 346 g/mol. The second kappa shape index (κ2) is 6.89. The fraction of sp³-hybridized carbons (Fsp3) is 0.400. The van der Waals surface area contributed by atoms with Gasteiger partial charge in [0.25, 0.3) is 0 Å². The summed E-state index contributed by atoms with van der Waals surface area (Å²) in [5, 5.41) is 5.33. The van der Waals surface area contributed by atoms with Crippen molar-refractivity contribution in [1.82, 2.24) is 19.5 Å². The number of nitrogen functional groups attached to an aromatic ring is 1. The number of aryl methyl sites for hydroxylation is 2. The maximum Gasteiger partial charge on any atom is 0.157 e. The van der Waals surface area contributed by atoms with Crippen molar-refractivity contribution >= 4 is 22.9 Å². The van der Waals surface area contributed by atoms with Gasteiger partial charge in [0.15, 0.2) is 5.65 Å². The molecule has 1 aromatic carbocycles. The van der Waals surface area contributed by atoms with Gasteiger partial charge in [-0.05, 0) is 44.9 Å². The van der Waals surface area contributed by atoms with Crippen LogP contribution >= 0.6 is 11.6 Å². The average molecular weight is 370 g/mol. The highest BCUT2D eigenvalue weighted by Gasteiger charge is 2.27. The highest BCUT2D eigenvalue weighted by molar-refractivity contribution is 6.30. The monoisotopic (exact) mass is 369 g/mol. The number of likely N-dealkylation sites (tertiary alicyclic amines) is 1. The van der Waals surface area contributed by atoms with Crippen molar-refractivity contribution in [3.8, 4) is 0 Å². The molecule has 2 aromatic heterocycles. The van der Waals surface area contributed by atoms with Gasteiger partial charge in [-0.2, -0.15) is 5.10 Å². The molecule has 0 aliphatic carbocycles. The molecule has 136 valence electrons. The molecule has 0 radical (unpaired) electrons. The van der Waals surface area contributed by atoms with Gasteiger partial charge >= 0.3 is 0 Å². The first-order valence-electron chi connectivity index (χ1n) is 9.13. The van der Waals surface area contributed by atoms with Crippen molar-refractivity contribution in [2.45, 2.75) is 45.7 Å². The van der Waals surface area contributed by atoms with Crippen LogP contribution in [0.1, 0.15) is 47.7 Å². The number of fused-ring (bicyclic) bond motifs is 1. The molecule has 6 heteroatoms. The molecule has 1 aliphatic heterocycles. The zero-order chi connectivity index (χ0) is 18.3. The third kappa shape index (κ3) is 3.29. The van der Waals surface area contributed by atoms with Gasteiger partial charge in [0.05, 0.1) is 11.7 Å². The molecule has 1 fully saturated rings. The lowest BCUT2D eigenvalue weighted by Crippen LogP contribution is -2.33. The number of hydrogen-bond acceptors (Lipinski definition) is 4. The number of nitrogens with two attached hydrogens (primary N) is 1. The Hall–Kier alpha value is -2.11. The molecule has 3 heterocycles. The van der Waals surface area contributed by atoms with Crippen LogP contribution in [-0.2, 0) is 6.54 Å². The van der Waals surface area contributed by atoms with E-state index in [0.29, 0.717) is 5.15 Å². The average Bonchev–Trinajstić information content (AvgIpc) is 3.01. The van der Waals surface area contributed by atoms with E-state index in [2.05, 4.69) is 35.0 Å². The van der Waals surface area contributed by atoms with Crippen molar-refractivity contribution in [2.24, 2.45) is 0 Å². The Kier molecular flexibility index (Phi) is 4.59. The van der Waals surface area contributed by atoms with Crippen LogP contribution in [-0.4, -0.2) is 26.0 Å². The number of halogens is 1.